The van der Waals surface area contributed by atoms with E-state index in [1.54, 1.807) is 42.7 Å². The van der Waals surface area contributed by atoms with Crippen LogP contribution in [0.4, 0.5) is 0 Å². The van der Waals surface area contributed by atoms with Crippen LogP contribution in [0.15, 0.2) is 269 Å². The van der Waals surface area contributed by atoms with Crippen LogP contribution in [-0.2, 0) is 46.5 Å². The minimum absolute atomic E-state index is 0. The molecule has 0 bridgehead atoms. The number of aromatic nitrogens is 3. The number of hydrogen-bond donors (Lipinski definition) is 5. The maximum absolute atomic E-state index is 13.1. The fraction of sp³-hybridized carbons (Fsp3) is 0.383. The quantitative estimate of drug-likeness (QED) is 0.0139. The Morgan fingerprint density at radius 1 is 0.293 bits per heavy atom. The van der Waals surface area contributed by atoms with Crippen molar-refractivity contribution in [2.24, 2.45) is 11.5 Å². The molecule has 0 spiro atoms. The zero-order chi connectivity index (χ0) is 98.9. The van der Waals surface area contributed by atoms with E-state index >= 15 is 0 Å². The van der Waals surface area contributed by atoms with Crippen molar-refractivity contribution < 1.29 is 61.5 Å². The number of carbonyl (C=O) groups is 3. The molecule has 20 nitrogen and oxygen atoms in total. The van der Waals surface area contributed by atoms with Crippen molar-refractivity contribution in [3.8, 4) is 113 Å². The molecule has 0 radical (unpaired) electrons. The van der Waals surface area contributed by atoms with Gasteiger partial charge in [0.05, 0.1) is 78.9 Å². The maximum Gasteiger partial charge on any atom is 0.311 e. The van der Waals surface area contributed by atoms with Crippen LogP contribution in [0.5, 0.6) is 34.5 Å². The standard InChI is InChI=1S/C39H36N4O8.C19H17NO5.C14H14.C12H26.C10H14.C8H10.C6H14.C4H10.C2H4.CH6N2.5CH4/c1-46-28-13-5-24(6-14-28)36-32(50-42-38(36)26-9-17-30(48-3)18-10-26)21-34(44)40-23-41-35(45)22-33-37(25-7-15-29(47-2)16-8-25)39(43-51-33)27-11-19-31(49-4)20-12-27;1-23-14-7-3-12(4-8-14)18-16(11-17(21)22)25-20-19(18)13-5-9-15(24-2)10-6-13;1-11-3-7-13(8-4-11)14-9-5-12(2)6-10-14;1-3-5-7-9-11-12-10-8-6-4-2;1-3-9-5-7-10(4-2)8-6-9;1-7-3-5-8(2)6-4-7;1-3-5-6-4-2;1-3-4-2;1-2;2-1-3;;;;;/h5-20H,21-23H2,1-4H3,(H,40,44)(H,41,45);3-10H,11H2,1-2H3,(H,21,22);3-10H,1-2H3;3-12H2,1-2H3;5-8H,3-4H2,1-2H3;3-6H,1-2H3;3-6H2,1-2H3;3-4H2,1-2H3;1-2H2;1-3H2;5*1H4. The van der Waals surface area contributed by atoms with Gasteiger partial charge in [0.15, 0.2) is 17.3 Å². The normalized spacial score (nSPS) is 9.69. The molecule has 10 aromatic carbocycles. The highest BCUT2D eigenvalue weighted by molar-refractivity contribution is 5.90. The number of carboxylic acids is 1. The summed E-state index contributed by atoms with van der Waals surface area (Å²) in [4.78, 5) is 37.4. The Bertz CT molecular complexity index is 5050. The highest BCUT2D eigenvalue weighted by Crippen LogP contribution is 2.40. The second-order valence-electron chi connectivity index (χ2n) is 31.8. The first-order valence-electron chi connectivity index (χ1n) is 47.3. The van der Waals surface area contributed by atoms with Gasteiger partial charge in [-0.15, -0.1) is 13.2 Å². The molecule has 0 unspecified atom stereocenters. The SMILES string of the molecule is C.C.C.C.C.C=C.CCCC.CCCCCC.CCCCCCCCCCCC.CCc1ccc(CC)cc1.COc1ccc(-c2noc(CC(=O)NCNC(=O)Cc3onc(-c4ccc(OC)cc4)c3-c3ccc(OC)cc3)c2-c2ccc(OC)cc2)cc1.COc1ccc(-c2noc(CC(=O)O)c2-c2ccc(OC)cc2)cc1.Cc1ccc(-c2ccc(C)cc2)cc1.Cc1ccc(C)cc1.NCN. The van der Waals surface area contributed by atoms with Crippen molar-refractivity contribution in [1.82, 2.24) is 26.1 Å². The van der Waals surface area contributed by atoms with Gasteiger partial charge >= 0.3 is 5.97 Å². The molecule has 764 valence electrons. The summed E-state index contributed by atoms with van der Waals surface area (Å²) in [6.45, 7) is 32.3. The van der Waals surface area contributed by atoms with Crippen molar-refractivity contribution >= 4 is 17.8 Å². The molecule has 140 heavy (non-hydrogen) atoms. The van der Waals surface area contributed by atoms with E-state index in [2.05, 4.69) is 231 Å². The van der Waals surface area contributed by atoms with Gasteiger partial charge in [-0.1, -0.05) is 366 Å². The molecule has 3 aromatic heterocycles. The van der Waals surface area contributed by atoms with Gasteiger partial charge in [0, 0.05) is 23.4 Å². The average molecular weight is 1920 g/mol. The number of rotatable bonds is 36. The Hall–Kier alpha value is -13.3. The van der Waals surface area contributed by atoms with E-state index in [0.29, 0.717) is 79.8 Å². The first-order chi connectivity index (χ1) is 65.6. The minimum Gasteiger partial charge on any atom is -0.497 e. The number of benzene rings is 10. The second kappa shape index (κ2) is 76.6. The number of methoxy groups -OCH3 is 6. The Labute approximate surface area is 842 Å². The van der Waals surface area contributed by atoms with Gasteiger partial charge in [0.25, 0.3) is 0 Å². The molecule has 0 aliphatic carbocycles. The molecule has 13 rings (SSSR count). The molecule has 0 saturated carbocycles. The van der Waals surface area contributed by atoms with Gasteiger partial charge in [-0.25, -0.2) is 0 Å². The molecule has 0 atom stereocenters. The number of unbranched alkanes of at least 4 members (excludes halogenated alkanes) is 13. The number of hydrogen-bond acceptors (Lipinski definition) is 17. The third-order valence-electron chi connectivity index (χ3n) is 21.4. The molecular formula is C120H171N7O13. The summed E-state index contributed by atoms with van der Waals surface area (Å²) in [5, 5.41) is 27.4. The third-order valence-corrected chi connectivity index (χ3v) is 21.4. The Morgan fingerprint density at radius 2 is 0.486 bits per heavy atom. The van der Waals surface area contributed by atoms with E-state index in [1.807, 2.05) is 146 Å². The second-order valence-corrected chi connectivity index (χ2v) is 31.8. The first kappa shape index (κ1) is 129. The van der Waals surface area contributed by atoms with Gasteiger partial charge in [-0.05, 0) is 189 Å². The molecule has 7 N–H and O–H groups in total. The maximum atomic E-state index is 13.1. The fourth-order valence-corrected chi connectivity index (χ4v) is 13.3. The Balaban J connectivity index is 0. The Kier molecular flexibility index (Phi) is 70.5. The summed E-state index contributed by atoms with van der Waals surface area (Å²) in [7, 11) is 9.57. The number of nitrogens with zero attached hydrogens (tertiary/aromatic N) is 3. The van der Waals surface area contributed by atoms with Crippen LogP contribution in [0.1, 0.15) is 246 Å². The molecule has 3 heterocycles. The lowest BCUT2D eigenvalue weighted by Crippen LogP contribution is -2.38. The van der Waals surface area contributed by atoms with Crippen LogP contribution < -0.4 is 50.5 Å². The predicted octanol–water partition coefficient (Wildman–Crippen LogP) is 31.2. The van der Waals surface area contributed by atoms with Crippen LogP contribution >= 0.6 is 0 Å². The monoisotopic (exact) mass is 1920 g/mol. The lowest BCUT2D eigenvalue weighted by Gasteiger charge is -2.09. The summed E-state index contributed by atoms with van der Waals surface area (Å²) in [6.07, 6.45) is 24.4. The van der Waals surface area contributed by atoms with E-state index in [1.165, 1.54) is 147 Å². The van der Waals surface area contributed by atoms with Crippen LogP contribution in [0.25, 0.3) is 78.3 Å². The molecule has 20 heteroatoms. The molecule has 0 saturated heterocycles. The van der Waals surface area contributed by atoms with E-state index in [9.17, 15) is 14.4 Å². The van der Waals surface area contributed by atoms with Crippen LogP contribution in [-0.4, -0.2) is 94.4 Å². The molecule has 2 amide bonds. The van der Waals surface area contributed by atoms with Crippen molar-refractivity contribution in [3.05, 3.63) is 306 Å². The summed E-state index contributed by atoms with van der Waals surface area (Å²) in [5.74, 6) is 3.54. The lowest BCUT2D eigenvalue weighted by atomic mass is 9.97. The molecule has 13 aromatic rings. The molecule has 0 aliphatic heterocycles. The number of nitrogens with two attached hydrogens (primary N) is 2. The minimum atomic E-state index is -0.979. The van der Waals surface area contributed by atoms with Crippen molar-refractivity contribution in [2.75, 3.05) is 56.0 Å². The first-order valence-corrected chi connectivity index (χ1v) is 47.3. The number of carboxylic acid groups (broad SMARTS) is 1. The van der Waals surface area contributed by atoms with Gasteiger partial charge < -0.3 is 69.2 Å². The number of aliphatic carboxylic acids is 1. The number of nitrogens with one attached hydrogen (secondary N) is 2. The smallest absolute Gasteiger partial charge is 0.311 e. The van der Waals surface area contributed by atoms with Crippen molar-refractivity contribution in [2.45, 2.75) is 255 Å². The van der Waals surface area contributed by atoms with Crippen LogP contribution in [0.3, 0.4) is 0 Å². The topological polar surface area (TPSA) is 281 Å². The number of carbonyl (C=O) groups excluding carboxylic acids is 2. The average Bonchev–Trinajstić information content (AvgIpc) is 1.65. The van der Waals surface area contributed by atoms with Gasteiger partial charge in [-0.3, -0.25) is 14.4 Å². The summed E-state index contributed by atoms with van der Waals surface area (Å²) in [5.41, 5.74) is 28.5. The summed E-state index contributed by atoms with van der Waals surface area (Å²) < 4.78 is 48.3. The van der Waals surface area contributed by atoms with Crippen molar-refractivity contribution in [1.29, 1.82) is 0 Å². The predicted molar refractivity (Wildman–Crippen MR) is 590 cm³/mol. The molecule has 0 fully saturated rings. The molecular weight excluding hydrogens is 1750 g/mol. The lowest BCUT2D eigenvalue weighted by molar-refractivity contribution is -0.136. The highest BCUT2D eigenvalue weighted by Gasteiger charge is 2.26. The Morgan fingerprint density at radius 3 is 0.686 bits per heavy atom. The van der Waals surface area contributed by atoms with Crippen molar-refractivity contribution in [3.63, 3.8) is 0 Å². The zero-order valence-electron chi connectivity index (χ0n) is 83.6. The fourth-order valence-electron chi connectivity index (χ4n) is 13.3. The van der Waals surface area contributed by atoms with Gasteiger partial charge in [0.1, 0.15) is 58.0 Å². The molecule has 0 aliphatic rings. The number of amides is 2. The van der Waals surface area contributed by atoms with Crippen LogP contribution in [0, 0.1) is 27.7 Å². The van der Waals surface area contributed by atoms with Gasteiger partial charge in [-0.2, -0.15) is 0 Å². The third kappa shape index (κ3) is 47.4. The largest absolute Gasteiger partial charge is 0.497 e. The summed E-state index contributed by atoms with van der Waals surface area (Å²) in [6, 6.07) is 78.9. The van der Waals surface area contributed by atoms with E-state index < -0.39 is 5.97 Å². The van der Waals surface area contributed by atoms with E-state index in [0.717, 1.165) is 52.0 Å². The summed E-state index contributed by atoms with van der Waals surface area (Å²) >= 11 is 0. The zero-order valence-corrected chi connectivity index (χ0v) is 83.6. The highest BCUT2D eigenvalue weighted by atomic mass is 16.5. The van der Waals surface area contributed by atoms with Gasteiger partial charge in [0.2, 0.25) is 11.8 Å². The van der Waals surface area contributed by atoms with Crippen LogP contribution in [0.2, 0.25) is 0 Å². The van der Waals surface area contributed by atoms with E-state index in [-0.39, 0.29) is 81.5 Å². The number of aryl methyl sites for hydroxylation is 6. The van der Waals surface area contributed by atoms with E-state index in [4.69, 9.17) is 47.1 Å². The number of ether oxygens (including phenoxy) is 6.